The first kappa shape index (κ1) is 13.8. The normalized spacial score (nSPS) is 20.4. The Balaban J connectivity index is 1.66. The van der Waals surface area contributed by atoms with Crippen LogP contribution in [0.4, 0.5) is 0 Å². The molecule has 108 valence electrons. The average Bonchev–Trinajstić information content (AvgIpc) is 3.08. The summed E-state index contributed by atoms with van der Waals surface area (Å²) in [6.45, 7) is 7.47. The van der Waals surface area contributed by atoms with E-state index in [1.165, 1.54) is 28.3 Å². The fraction of sp³-hybridized carbons (Fsp3) is 0.600. The molecule has 1 fully saturated rings. The van der Waals surface area contributed by atoms with Gasteiger partial charge >= 0.3 is 0 Å². The Kier molecular flexibility index (Phi) is 4.17. The Morgan fingerprint density at radius 2 is 2.40 bits per heavy atom. The van der Waals surface area contributed by atoms with Crippen LogP contribution < -0.4 is 0 Å². The molecule has 1 atom stereocenters. The number of nitrogens with zero attached hydrogens (tertiary/aromatic N) is 3. The van der Waals surface area contributed by atoms with Gasteiger partial charge in [-0.05, 0) is 32.7 Å². The number of rotatable bonds is 4. The highest BCUT2D eigenvalue weighted by atomic mass is 32.1. The van der Waals surface area contributed by atoms with Gasteiger partial charge in [0.1, 0.15) is 6.26 Å². The van der Waals surface area contributed by atoms with Gasteiger partial charge in [0.25, 0.3) is 0 Å². The van der Waals surface area contributed by atoms with Crippen LogP contribution in [-0.4, -0.2) is 28.1 Å². The predicted molar refractivity (Wildman–Crippen MR) is 80.0 cm³/mol. The molecule has 4 nitrogen and oxygen atoms in total. The first-order chi connectivity index (χ1) is 9.76. The van der Waals surface area contributed by atoms with Crippen LogP contribution in [0, 0.1) is 6.92 Å². The number of aryl methyl sites for hydroxylation is 2. The minimum absolute atomic E-state index is 0.590. The summed E-state index contributed by atoms with van der Waals surface area (Å²) in [5.41, 5.74) is 2.33. The zero-order valence-corrected chi connectivity index (χ0v) is 12.9. The van der Waals surface area contributed by atoms with Crippen molar-refractivity contribution in [1.82, 2.24) is 15.0 Å². The first-order valence-electron chi connectivity index (χ1n) is 7.33. The minimum Gasteiger partial charge on any atom is -0.364 e. The highest BCUT2D eigenvalue weighted by molar-refractivity contribution is 7.11. The van der Waals surface area contributed by atoms with E-state index in [-0.39, 0.29) is 0 Å². The van der Waals surface area contributed by atoms with Crippen molar-refractivity contribution < 1.29 is 4.52 Å². The summed E-state index contributed by atoms with van der Waals surface area (Å²) in [6, 6.07) is 0. The molecule has 2 aromatic rings. The summed E-state index contributed by atoms with van der Waals surface area (Å²) in [5.74, 6) is 0.590. The molecule has 1 unspecified atom stereocenters. The Morgan fingerprint density at radius 3 is 3.15 bits per heavy atom. The molecule has 5 heteroatoms. The second-order valence-electron chi connectivity index (χ2n) is 5.52. The molecule has 0 aliphatic carbocycles. The van der Waals surface area contributed by atoms with Crippen molar-refractivity contribution in [3.8, 4) is 0 Å². The molecule has 1 aliphatic heterocycles. The summed E-state index contributed by atoms with van der Waals surface area (Å²) >= 11 is 1.84. The van der Waals surface area contributed by atoms with Crippen molar-refractivity contribution in [1.29, 1.82) is 0 Å². The summed E-state index contributed by atoms with van der Waals surface area (Å²) < 4.78 is 5.11. The molecule has 2 aromatic heterocycles. The van der Waals surface area contributed by atoms with Gasteiger partial charge in [-0.15, -0.1) is 11.3 Å². The number of hydrogen-bond donors (Lipinski definition) is 0. The third-order valence-corrected chi connectivity index (χ3v) is 5.03. The van der Waals surface area contributed by atoms with Crippen LogP contribution in [0.15, 0.2) is 17.0 Å². The molecule has 0 bridgehead atoms. The average molecular weight is 291 g/mol. The molecule has 20 heavy (non-hydrogen) atoms. The van der Waals surface area contributed by atoms with Crippen LogP contribution in [0.2, 0.25) is 0 Å². The van der Waals surface area contributed by atoms with Crippen molar-refractivity contribution in [2.75, 3.05) is 13.1 Å². The van der Waals surface area contributed by atoms with E-state index in [1.54, 1.807) is 6.26 Å². The van der Waals surface area contributed by atoms with Crippen molar-refractivity contribution in [2.24, 2.45) is 0 Å². The third-order valence-electron chi connectivity index (χ3n) is 3.95. The summed E-state index contributed by atoms with van der Waals surface area (Å²) in [6.07, 6.45) is 7.24. The molecule has 1 aliphatic rings. The maximum Gasteiger partial charge on any atom is 0.128 e. The number of aromatic nitrogens is 2. The Bertz CT molecular complexity index is 563. The number of piperidine rings is 1. The van der Waals surface area contributed by atoms with Crippen LogP contribution in [-0.2, 0) is 13.0 Å². The Morgan fingerprint density at radius 1 is 1.50 bits per heavy atom. The van der Waals surface area contributed by atoms with Crippen molar-refractivity contribution in [2.45, 2.75) is 45.6 Å². The van der Waals surface area contributed by atoms with Gasteiger partial charge in [-0.2, -0.15) is 0 Å². The minimum atomic E-state index is 0.590. The van der Waals surface area contributed by atoms with Gasteiger partial charge in [-0.3, -0.25) is 4.90 Å². The SMILES string of the molecule is CCc1nocc1CN1CCCC(c2ncc(C)s2)C1. The third kappa shape index (κ3) is 2.94. The monoisotopic (exact) mass is 291 g/mol. The molecule has 3 heterocycles. The lowest BCUT2D eigenvalue weighted by atomic mass is 9.98. The van der Waals surface area contributed by atoms with Crippen LogP contribution >= 0.6 is 11.3 Å². The Hall–Kier alpha value is -1.20. The smallest absolute Gasteiger partial charge is 0.128 e. The maximum absolute atomic E-state index is 5.11. The topological polar surface area (TPSA) is 42.2 Å². The lowest BCUT2D eigenvalue weighted by Gasteiger charge is -2.31. The van der Waals surface area contributed by atoms with Gasteiger partial charge in [0.2, 0.25) is 0 Å². The van der Waals surface area contributed by atoms with Crippen molar-refractivity contribution >= 4 is 11.3 Å². The van der Waals surface area contributed by atoms with Crippen LogP contribution in [0.25, 0.3) is 0 Å². The second kappa shape index (κ2) is 6.06. The molecular formula is C15H21N3OS. The van der Waals surface area contributed by atoms with Crippen LogP contribution in [0.3, 0.4) is 0 Å². The number of likely N-dealkylation sites (tertiary alicyclic amines) is 1. The molecule has 0 radical (unpaired) electrons. The van der Waals surface area contributed by atoms with E-state index in [0.29, 0.717) is 5.92 Å². The number of thiazole rings is 1. The number of hydrogen-bond acceptors (Lipinski definition) is 5. The quantitative estimate of drug-likeness (QED) is 0.866. The molecule has 0 spiro atoms. The molecule has 0 amide bonds. The zero-order valence-electron chi connectivity index (χ0n) is 12.1. The van der Waals surface area contributed by atoms with Crippen LogP contribution in [0.5, 0.6) is 0 Å². The lowest BCUT2D eigenvalue weighted by Crippen LogP contribution is -2.34. The summed E-state index contributed by atoms with van der Waals surface area (Å²) in [4.78, 5) is 8.39. The lowest BCUT2D eigenvalue weighted by molar-refractivity contribution is 0.199. The molecular weight excluding hydrogens is 270 g/mol. The highest BCUT2D eigenvalue weighted by Gasteiger charge is 2.24. The van der Waals surface area contributed by atoms with E-state index in [2.05, 4.69) is 28.9 Å². The van der Waals surface area contributed by atoms with Gasteiger partial charge < -0.3 is 4.52 Å². The molecule has 3 rings (SSSR count). The maximum atomic E-state index is 5.11. The largest absolute Gasteiger partial charge is 0.364 e. The van der Waals surface area contributed by atoms with E-state index in [9.17, 15) is 0 Å². The predicted octanol–water partition coefficient (Wildman–Crippen LogP) is 3.38. The fourth-order valence-corrected chi connectivity index (χ4v) is 3.80. The van der Waals surface area contributed by atoms with Gasteiger partial charge in [0, 0.05) is 35.6 Å². The van der Waals surface area contributed by atoms with Gasteiger partial charge in [-0.1, -0.05) is 12.1 Å². The van der Waals surface area contributed by atoms with Crippen molar-refractivity contribution in [3.05, 3.63) is 33.6 Å². The van der Waals surface area contributed by atoms with E-state index in [1.807, 2.05) is 17.5 Å². The molecule has 0 aromatic carbocycles. The van der Waals surface area contributed by atoms with E-state index < -0.39 is 0 Å². The summed E-state index contributed by atoms with van der Waals surface area (Å²) in [7, 11) is 0. The van der Waals surface area contributed by atoms with E-state index in [4.69, 9.17) is 4.52 Å². The molecule has 0 saturated carbocycles. The van der Waals surface area contributed by atoms with Gasteiger partial charge in [0.15, 0.2) is 0 Å². The Labute approximate surface area is 123 Å². The van der Waals surface area contributed by atoms with E-state index >= 15 is 0 Å². The first-order valence-corrected chi connectivity index (χ1v) is 8.14. The van der Waals surface area contributed by atoms with Gasteiger partial charge in [0.05, 0.1) is 10.7 Å². The van der Waals surface area contributed by atoms with E-state index in [0.717, 1.165) is 31.7 Å². The van der Waals surface area contributed by atoms with Crippen molar-refractivity contribution in [3.63, 3.8) is 0 Å². The van der Waals surface area contributed by atoms with Crippen LogP contribution in [0.1, 0.15) is 46.8 Å². The zero-order chi connectivity index (χ0) is 13.9. The fourth-order valence-electron chi connectivity index (χ4n) is 2.90. The van der Waals surface area contributed by atoms with Gasteiger partial charge in [-0.25, -0.2) is 4.98 Å². The molecule has 1 saturated heterocycles. The summed E-state index contributed by atoms with van der Waals surface area (Å²) in [5, 5.41) is 5.37. The molecule has 0 N–H and O–H groups in total. The second-order valence-corrected chi connectivity index (χ2v) is 6.79. The highest BCUT2D eigenvalue weighted by Crippen LogP contribution is 2.30. The standard InChI is InChI=1S/C15H21N3OS/c1-3-14-13(10-19-17-14)9-18-6-4-5-12(8-18)15-16-7-11(2)20-15/h7,10,12H,3-6,8-9H2,1-2H3.